The van der Waals surface area contributed by atoms with Gasteiger partial charge in [-0.2, -0.15) is 5.10 Å². The van der Waals surface area contributed by atoms with Gasteiger partial charge in [-0.1, -0.05) is 0 Å². The van der Waals surface area contributed by atoms with Gasteiger partial charge in [-0.15, -0.1) is 0 Å². The van der Waals surface area contributed by atoms with E-state index in [1.165, 1.54) is 16.9 Å². The van der Waals surface area contributed by atoms with Gasteiger partial charge in [0.05, 0.1) is 6.20 Å². The quantitative estimate of drug-likeness (QED) is 0.748. The zero-order valence-electron chi connectivity index (χ0n) is 9.18. The molecule has 1 saturated heterocycles. The van der Waals surface area contributed by atoms with E-state index < -0.39 is 10.0 Å². The van der Waals surface area contributed by atoms with Crippen molar-refractivity contribution in [2.75, 3.05) is 13.1 Å². The van der Waals surface area contributed by atoms with Gasteiger partial charge in [0.25, 0.3) is 10.0 Å². The minimum absolute atomic E-state index is 0.0288. The average molecular weight is 244 g/mol. The van der Waals surface area contributed by atoms with Crippen molar-refractivity contribution in [3.63, 3.8) is 0 Å². The molecule has 1 fully saturated rings. The van der Waals surface area contributed by atoms with Crippen LogP contribution in [0.2, 0.25) is 0 Å². The van der Waals surface area contributed by atoms with Crippen molar-refractivity contribution in [3.05, 3.63) is 12.3 Å². The molecule has 1 aliphatic rings. The van der Waals surface area contributed by atoms with Crippen LogP contribution in [0.5, 0.6) is 0 Å². The average Bonchev–Trinajstić information content (AvgIpc) is 2.66. The molecule has 0 aromatic carbocycles. The molecule has 1 aromatic rings. The van der Waals surface area contributed by atoms with Gasteiger partial charge in [0, 0.05) is 13.1 Å². The Hall–Kier alpha value is -0.920. The number of hydrogen-bond acceptors (Lipinski definition) is 4. The van der Waals surface area contributed by atoms with Gasteiger partial charge >= 0.3 is 0 Å². The zero-order chi connectivity index (χ0) is 11.6. The maximum absolute atomic E-state index is 12.0. The third-order valence-electron chi connectivity index (χ3n) is 2.71. The summed E-state index contributed by atoms with van der Waals surface area (Å²) in [5.74, 6) is 0. The molecule has 0 spiro atoms. The lowest BCUT2D eigenvalue weighted by Crippen LogP contribution is -2.43. The number of nitrogens with one attached hydrogen (secondary N) is 2. The summed E-state index contributed by atoms with van der Waals surface area (Å²) in [4.78, 5) is 0. The maximum atomic E-state index is 12.0. The number of sulfonamides is 1. The van der Waals surface area contributed by atoms with E-state index in [9.17, 15) is 8.42 Å². The van der Waals surface area contributed by atoms with Crippen molar-refractivity contribution >= 4 is 10.0 Å². The van der Waals surface area contributed by atoms with Crippen LogP contribution in [0.15, 0.2) is 17.3 Å². The Balaban J connectivity index is 2.11. The number of hydrogen-bond donors (Lipinski definition) is 2. The van der Waals surface area contributed by atoms with Crippen LogP contribution in [-0.4, -0.2) is 37.3 Å². The van der Waals surface area contributed by atoms with Gasteiger partial charge in [0.2, 0.25) is 0 Å². The van der Waals surface area contributed by atoms with E-state index in [1.807, 2.05) is 0 Å². The van der Waals surface area contributed by atoms with Gasteiger partial charge in [0.15, 0.2) is 5.03 Å². The van der Waals surface area contributed by atoms with Crippen LogP contribution < -0.4 is 10.0 Å². The molecular formula is C9H16N4O2S. The van der Waals surface area contributed by atoms with Gasteiger partial charge < -0.3 is 5.32 Å². The molecule has 16 heavy (non-hydrogen) atoms. The fourth-order valence-electron chi connectivity index (χ4n) is 1.84. The third-order valence-corrected chi connectivity index (χ3v) is 4.31. The van der Waals surface area contributed by atoms with E-state index >= 15 is 0 Å². The van der Waals surface area contributed by atoms with Crippen LogP contribution in [0.1, 0.15) is 12.8 Å². The minimum Gasteiger partial charge on any atom is -0.317 e. The first-order valence-electron chi connectivity index (χ1n) is 5.30. The molecule has 2 rings (SSSR count). The highest BCUT2D eigenvalue weighted by molar-refractivity contribution is 7.89. The molecule has 1 aliphatic heterocycles. The Morgan fingerprint density at radius 3 is 2.75 bits per heavy atom. The van der Waals surface area contributed by atoms with Gasteiger partial charge in [-0.3, -0.25) is 4.68 Å². The Bertz CT molecular complexity index is 448. The topological polar surface area (TPSA) is 76.0 Å². The van der Waals surface area contributed by atoms with Crippen molar-refractivity contribution in [2.45, 2.75) is 23.9 Å². The predicted octanol–water partition coefficient (Wildman–Crippen LogP) is -0.550. The number of aryl methyl sites for hydroxylation is 1. The minimum atomic E-state index is -3.42. The largest absolute Gasteiger partial charge is 0.317 e. The molecule has 2 N–H and O–H groups in total. The molecule has 0 saturated carbocycles. The molecule has 7 heteroatoms. The lowest BCUT2D eigenvalue weighted by molar-refractivity contribution is 0.425. The summed E-state index contributed by atoms with van der Waals surface area (Å²) in [6, 6.07) is 1.53. The molecule has 1 aromatic heterocycles. The summed E-state index contributed by atoms with van der Waals surface area (Å²) in [7, 11) is -1.80. The zero-order valence-corrected chi connectivity index (χ0v) is 10.00. The Kier molecular flexibility index (Phi) is 3.27. The molecule has 0 amide bonds. The van der Waals surface area contributed by atoms with Crippen LogP contribution in [-0.2, 0) is 17.1 Å². The number of nitrogens with zero attached hydrogens (tertiary/aromatic N) is 2. The summed E-state index contributed by atoms with van der Waals surface area (Å²) >= 11 is 0. The highest BCUT2D eigenvalue weighted by atomic mass is 32.2. The second-order valence-corrected chi connectivity index (χ2v) is 5.60. The standard InChI is InChI=1S/C9H16N4O2S/c1-13-9(4-7-11-13)16(14,15)12-8-2-5-10-6-3-8/h4,7-8,10,12H,2-3,5-6H2,1H3. The summed E-state index contributed by atoms with van der Waals surface area (Å²) in [6.07, 6.45) is 3.14. The van der Waals surface area contributed by atoms with Crippen molar-refractivity contribution in [3.8, 4) is 0 Å². The number of aromatic nitrogens is 2. The highest BCUT2D eigenvalue weighted by Gasteiger charge is 2.23. The van der Waals surface area contributed by atoms with Crippen molar-refractivity contribution in [1.29, 1.82) is 0 Å². The van der Waals surface area contributed by atoms with E-state index in [4.69, 9.17) is 0 Å². The smallest absolute Gasteiger partial charge is 0.257 e. The SMILES string of the molecule is Cn1nccc1S(=O)(=O)NC1CCNCC1. The molecule has 2 heterocycles. The van der Waals surface area contributed by atoms with Crippen LogP contribution in [0, 0.1) is 0 Å². The summed E-state index contributed by atoms with van der Waals surface area (Å²) in [5, 5.41) is 7.27. The molecule has 0 unspecified atom stereocenters. The summed E-state index contributed by atoms with van der Waals surface area (Å²) < 4.78 is 28.1. The van der Waals surface area contributed by atoms with Crippen LogP contribution in [0.3, 0.4) is 0 Å². The van der Waals surface area contributed by atoms with Crippen LogP contribution >= 0.6 is 0 Å². The lowest BCUT2D eigenvalue weighted by Gasteiger charge is -2.23. The molecule has 0 atom stereocenters. The van der Waals surface area contributed by atoms with Crippen LogP contribution in [0.25, 0.3) is 0 Å². The predicted molar refractivity (Wildman–Crippen MR) is 59.4 cm³/mol. The van der Waals surface area contributed by atoms with E-state index in [2.05, 4.69) is 15.1 Å². The number of rotatable bonds is 3. The fourth-order valence-corrected chi connectivity index (χ4v) is 3.28. The van der Waals surface area contributed by atoms with Crippen molar-refractivity contribution < 1.29 is 8.42 Å². The van der Waals surface area contributed by atoms with E-state index in [1.54, 1.807) is 7.05 Å². The van der Waals surface area contributed by atoms with Gasteiger partial charge in [-0.05, 0) is 32.0 Å². The first-order chi connectivity index (χ1) is 7.59. The molecule has 0 aliphatic carbocycles. The normalized spacial score (nSPS) is 18.8. The molecule has 0 bridgehead atoms. The van der Waals surface area contributed by atoms with Gasteiger partial charge in [0.1, 0.15) is 0 Å². The van der Waals surface area contributed by atoms with Crippen LogP contribution in [0.4, 0.5) is 0 Å². The first-order valence-corrected chi connectivity index (χ1v) is 6.79. The highest BCUT2D eigenvalue weighted by Crippen LogP contribution is 2.10. The molecule has 0 radical (unpaired) electrons. The third kappa shape index (κ3) is 2.42. The Morgan fingerprint density at radius 2 is 2.19 bits per heavy atom. The van der Waals surface area contributed by atoms with E-state index in [0.717, 1.165) is 25.9 Å². The second-order valence-electron chi connectivity index (χ2n) is 3.94. The lowest BCUT2D eigenvalue weighted by atomic mass is 10.1. The first kappa shape index (κ1) is 11.6. The fraction of sp³-hybridized carbons (Fsp3) is 0.667. The number of piperidine rings is 1. The second kappa shape index (κ2) is 4.52. The van der Waals surface area contributed by atoms with Crippen molar-refractivity contribution in [2.24, 2.45) is 7.05 Å². The molecule has 90 valence electrons. The summed E-state index contributed by atoms with van der Waals surface area (Å²) in [5.41, 5.74) is 0. The maximum Gasteiger partial charge on any atom is 0.257 e. The van der Waals surface area contributed by atoms with E-state index in [-0.39, 0.29) is 11.1 Å². The Labute approximate surface area is 95.1 Å². The molecular weight excluding hydrogens is 228 g/mol. The van der Waals surface area contributed by atoms with Crippen molar-refractivity contribution in [1.82, 2.24) is 19.8 Å². The monoisotopic (exact) mass is 244 g/mol. The Morgan fingerprint density at radius 1 is 1.50 bits per heavy atom. The van der Waals surface area contributed by atoms with E-state index in [0.29, 0.717) is 0 Å². The van der Waals surface area contributed by atoms with Gasteiger partial charge in [-0.25, -0.2) is 13.1 Å². The molecule has 6 nitrogen and oxygen atoms in total. The summed E-state index contributed by atoms with van der Waals surface area (Å²) in [6.45, 7) is 1.72.